The molecule has 1 unspecified atom stereocenters. The summed E-state index contributed by atoms with van der Waals surface area (Å²) in [5.74, 6) is 0.861. The molecule has 35 heavy (non-hydrogen) atoms. The van der Waals surface area contributed by atoms with Gasteiger partial charge in [0, 0.05) is 37.4 Å². The monoisotopic (exact) mass is 469 g/mol. The Morgan fingerprint density at radius 1 is 0.971 bits per heavy atom. The molecule has 1 amide bonds. The standard InChI is InChI=1S/C27H27N5O3/c1-18-7-6-10-21(17-18)23-12-11-22(25(33)28-23)27(34)32-15-13-31(14-16-32)19(2)26-29-24(30-35-26)20-8-4-3-5-9-20/h3-12,17,19H,13-16H2,1-2H3,(H,28,33). The largest absolute Gasteiger partial charge is 0.337 e. The van der Waals surface area contributed by atoms with Gasteiger partial charge >= 0.3 is 0 Å². The number of aromatic nitrogens is 3. The molecule has 5 rings (SSSR count). The summed E-state index contributed by atoms with van der Waals surface area (Å²) in [5.41, 5.74) is 3.41. The van der Waals surface area contributed by atoms with E-state index in [0.29, 0.717) is 43.6 Å². The average molecular weight is 470 g/mol. The number of aryl methyl sites for hydroxylation is 1. The van der Waals surface area contributed by atoms with Gasteiger partial charge in [-0.15, -0.1) is 0 Å². The van der Waals surface area contributed by atoms with E-state index >= 15 is 0 Å². The van der Waals surface area contributed by atoms with Crippen LogP contribution in [0.1, 0.15) is 34.8 Å². The fraction of sp³-hybridized carbons (Fsp3) is 0.259. The molecule has 0 saturated carbocycles. The summed E-state index contributed by atoms with van der Waals surface area (Å²) < 4.78 is 5.52. The lowest BCUT2D eigenvalue weighted by atomic mass is 10.1. The molecule has 8 heteroatoms. The summed E-state index contributed by atoms with van der Waals surface area (Å²) in [6.45, 7) is 6.35. The van der Waals surface area contributed by atoms with Crippen molar-refractivity contribution < 1.29 is 9.32 Å². The van der Waals surface area contributed by atoms with Crippen molar-refractivity contribution in [3.63, 3.8) is 0 Å². The number of amides is 1. The number of H-pyrrole nitrogens is 1. The Hall–Kier alpha value is -4.04. The number of pyridine rings is 1. The van der Waals surface area contributed by atoms with Crippen LogP contribution >= 0.6 is 0 Å². The van der Waals surface area contributed by atoms with Crippen LogP contribution in [0.2, 0.25) is 0 Å². The van der Waals surface area contributed by atoms with Crippen molar-refractivity contribution in [3.8, 4) is 22.6 Å². The number of nitrogens with zero attached hydrogens (tertiary/aromatic N) is 4. The predicted molar refractivity (Wildman–Crippen MR) is 133 cm³/mol. The first-order valence-corrected chi connectivity index (χ1v) is 11.7. The first-order chi connectivity index (χ1) is 17.0. The molecular weight excluding hydrogens is 442 g/mol. The third-order valence-electron chi connectivity index (χ3n) is 6.45. The summed E-state index contributed by atoms with van der Waals surface area (Å²) in [6.07, 6.45) is 0. The quantitative estimate of drug-likeness (QED) is 0.476. The molecule has 1 aliphatic rings. The van der Waals surface area contributed by atoms with Gasteiger partial charge in [0.1, 0.15) is 5.56 Å². The van der Waals surface area contributed by atoms with E-state index in [-0.39, 0.29) is 23.1 Å². The number of rotatable bonds is 5. The van der Waals surface area contributed by atoms with Gasteiger partial charge in [0.25, 0.3) is 11.5 Å². The lowest BCUT2D eigenvalue weighted by Gasteiger charge is -2.36. The normalized spacial score (nSPS) is 15.2. The van der Waals surface area contributed by atoms with Crippen LogP contribution in [0.25, 0.3) is 22.6 Å². The molecule has 1 atom stereocenters. The maximum Gasteiger partial charge on any atom is 0.261 e. The minimum atomic E-state index is -0.371. The minimum Gasteiger partial charge on any atom is -0.337 e. The SMILES string of the molecule is Cc1cccc(-c2ccc(C(=O)N3CCN(C(C)c4nc(-c5ccccc5)no4)CC3)c(=O)[nH]2)c1. The third kappa shape index (κ3) is 4.79. The van der Waals surface area contributed by atoms with Crippen molar-refractivity contribution in [1.82, 2.24) is 24.9 Å². The number of hydrogen-bond donors (Lipinski definition) is 1. The first-order valence-electron chi connectivity index (χ1n) is 11.7. The van der Waals surface area contributed by atoms with Crippen molar-refractivity contribution >= 4 is 5.91 Å². The van der Waals surface area contributed by atoms with Gasteiger partial charge in [-0.1, -0.05) is 59.3 Å². The second-order valence-electron chi connectivity index (χ2n) is 8.81. The second kappa shape index (κ2) is 9.68. The summed E-state index contributed by atoms with van der Waals surface area (Å²) in [6, 6.07) is 20.9. The molecule has 1 fully saturated rings. The molecule has 0 aliphatic carbocycles. The maximum atomic E-state index is 13.1. The van der Waals surface area contributed by atoms with Crippen LogP contribution < -0.4 is 5.56 Å². The zero-order valence-corrected chi connectivity index (χ0v) is 19.8. The fourth-order valence-electron chi connectivity index (χ4n) is 4.37. The van der Waals surface area contributed by atoms with Crippen molar-refractivity contribution in [1.29, 1.82) is 0 Å². The molecule has 0 radical (unpaired) electrons. The smallest absolute Gasteiger partial charge is 0.261 e. The molecule has 2 aromatic heterocycles. The highest BCUT2D eigenvalue weighted by atomic mass is 16.5. The maximum absolute atomic E-state index is 13.1. The van der Waals surface area contributed by atoms with Gasteiger partial charge in [-0.3, -0.25) is 14.5 Å². The summed E-state index contributed by atoms with van der Waals surface area (Å²) in [7, 11) is 0. The summed E-state index contributed by atoms with van der Waals surface area (Å²) >= 11 is 0. The molecule has 0 bridgehead atoms. The lowest BCUT2D eigenvalue weighted by molar-refractivity contribution is 0.0550. The van der Waals surface area contributed by atoms with Crippen molar-refractivity contribution in [2.24, 2.45) is 0 Å². The van der Waals surface area contributed by atoms with Crippen LogP contribution in [0.5, 0.6) is 0 Å². The zero-order valence-electron chi connectivity index (χ0n) is 19.8. The predicted octanol–water partition coefficient (Wildman–Crippen LogP) is 3.92. The zero-order chi connectivity index (χ0) is 24.4. The Morgan fingerprint density at radius 2 is 1.71 bits per heavy atom. The molecular formula is C27H27N5O3. The van der Waals surface area contributed by atoms with Crippen LogP contribution in [0.15, 0.2) is 76.0 Å². The Bertz CT molecular complexity index is 1390. The van der Waals surface area contributed by atoms with Gasteiger partial charge in [-0.05, 0) is 37.6 Å². The van der Waals surface area contributed by atoms with Crippen LogP contribution in [-0.2, 0) is 0 Å². The molecule has 1 aliphatic heterocycles. The fourth-order valence-corrected chi connectivity index (χ4v) is 4.37. The Balaban J connectivity index is 1.23. The van der Waals surface area contributed by atoms with Crippen LogP contribution in [-0.4, -0.2) is 57.0 Å². The summed E-state index contributed by atoms with van der Waals surface area (Å²) in [4.78, 5) is 37.1. The van der Waals surface area contributed by atoms with E-state index in [2.05, 4.69) is 20.0 Å². The van der Waals surface area contributed by atoms with E-state index in [1.54, 1.807) is 17.0 Å². The van der Waals surface area contributed by atoms with Crippen LogP contribution in [0.3, 0.4) is 0 Å². The van der Waals surface area contributed by atoms with Crippen molar-refractivity contribution in [2.75, 3.05) is 26.2 Å². The van der Waals surface area contributed by atoms with Crippen LogP contribution in [0, 0.1) is 6.92 Å². The van der Waals surface area contributed by atoms with Crippen molar-refractivity contribution in [2.45, 2.75) is 19.9 Å². The van der Waals surface area contributed by atoms with E-state index in [1.165, 1.54) is 0 Å². The van der Waals surface area contributed by atoms with Crippen LogP contribution in [0.4, 0.5) is 0 Å². The van der Waals surface area contributed by atoms with Gasteiger partial charge < -0.3 is 14.4 Å². The highest BCUT2D eigenvalue weighted by Crippen LogP contribution is 2.24. The molecule has 2 aromatic carbocycles. The molecule has 1 N–H and O–H groups in total. The Kier molecular flexibility index (Phi) is 6.29. The molecule has 1 saturated heterocycles. The van der Waals surface area contributed by atoms with Gasteiger partial charge in [0.2, 0.25) is 11.7 Å². The Labute approximate surface area is 203 Å². The minimum absolute atomic E-state index is 0.0748. The van der Waals surface area contributed by atoms with E-state index in [9.17, 15) is 9.59 Å². The van der Waals surface area contributed by atoms with E-state index in [0.717, 1.165) is 16.7 Å². The highest BCUT2D eigenvalue weighted by molar-refractivity contribution is 5.94. The lowest BCUT2D eigenvalue weighted by Crippen LogP contribution is -2.50. The molecule has 178 valence electrons. The first kappa shape index (κ1) is 22.7. The number of benzene rings is 2. The Morgan fingerprint density at radius 3 is 2.43 bits per heavy atom. The number of piperazine rings is 1. The number of hydrogen-bond acceptors (Lipinski definition) is 6. The van der Waals surface area contributed by atoms with E-state index < -0.39 is 0 Å². The van der Waals surface area contributed by atoms with Gasteiger partial charge in [0.15, 0.2) is 0 Å². The number of carbonyl (C=O) groups is 1. The molecule has 3 heterocycles. The van der Waals surface area contributed by atoms with Crippen molar-refractivity contribution in [3.05, 3.63) is 94.1 Å². The number of nitrogens with one attached hydrogen (secondary N) is 1. The highest BCUT2D eigenvalue weighted by Gasteiger charge is 2.29. The molecule has 0 spiro atoms. The van der Waals surface area contributed by atoms with Gasteiger partial charge in [0.05, 0.1) is 6.04 Å². The third-order valence-corrected chi connectivity index (χ3v) is 6.45. The molecule has 4 aromatic rings. The van der Waals surface area contributed by atoms with Gasteiger partial charge in [-0.25, -0.2) is 0 Å². The summed E-state index contributed by atoms with van der Waals surface area (Å²) in [5, 5.41) is 4.11. The molecule has 8 nitrogen and oxygen atoms in total. The number of aromatic amines is 1. The number of carbonyl (C=O) groups excluding carboxylic acids is 1. The van der Waals surface area contributed by atoms with E-state index in [4.69, 9.17) is 4.52 Å². The average Bonchev–Trinajstić information content (AvgIpc) is 3.39. The second-order valence-corrected chi connectivity index (χ2v) is 8.81. The van der Waals surface area contributed by atoms with Gasteiger partial charge in [-0.2, -0.15) is 4.98 Å². The topological polar surface area (TPSA) is 95.3 Å². The van der Waals surface area contributed by atoms with E-state index in [1.807, 2.05) is 68.4 Å².